The second-order valence-electron chi connectivity index (χ2n) is 6.97. The molecule has 0 atom stereocenters. The molecule has 0 aromatic heterocycles. The normalized spacial score (nSPS) is 20.4. The Labute approximate surface area is 160 Å². The molecule has 0 unspecified atom stereocenters. The highest BCUT2D eigenvalue weighted by atomic mass is 35.5. The second-order valence-corrected chi connectivity index (χ2v) is 7.38. The predicted octanol–water partition coefficient (Wildman–Crippen LogP) is 3.28. The van der Waals surface area contributed by atoms with E-state index in [1.165, 1.54) is 12.1 Å². The van der Waals surface area contributed by atoms with Gasteiger partial charge in [-0.2, -0.15) is 0 Å². The molecular formula is C19H19ClF2N2O3. The van der Waals surface area contributed by atoms with E-state index >= 15 is 0 Å². The van der Waals surface area contributed by atoms with Crippen LogP contribution in [-0.2, 0) is 9.59 Å². The van der Waals surface area contributed by atoms with Crippen LogP contribution >= 0.6 is 11.6 Å². The summed E-state index contributed by atoms with van der Waals surface area (Å²) in [5, 5.41) is 0.231. The predicted molar refractivity (Wildman–Crippen MR) is 96.8 cm³/mol. The zero-order chi connectivity index (χ0) is 19.8. The Bertz CT molecular complexity index is 808. The fourth-order valence-corrected chi connectivity index (χ4v) is 3.54. The Balaban J connectivity index is 2.00. The van der Waals surface area contributed by atoms with Gasteiger partial charge in [-0.25, -0.2) is 8.78 Å². The average Bonchev–Trinajstić information content (AvgIpc) is 3.42. The van der Waals surface area contributed by atoms with Crippen LogP contribution in [-0.4, -0.2) is 29.4 Å². The molecular weight excluding hydrogens is 378 g/mol. The molecule has 0 saturated heterocycles. The highest BCUT2D eigenvalue weighted by Gasteiger charge is 2.52. The number of primary amides is 1. The smallest absolute Gasteiger partial charge is 0.303 e. The SMILES string of the molecule is C#CC(=O)N(c1ccc(OC2CC2)c(Cl)c1)C1(C(N)=O)CCC(F)(F)CC1. The number of hydrogen-bond donors (Lipinski definition) is 1. The second kappa shape index (κ2) is 7.01. The van der Waals surface area contributed by atoms with Crippen molar-refractivity contribution < 1.29 is 23.1 Å². The Kier molecular flexibility index (Phi) is 5.04. The molecule has 27 heavy (non-hydrogen) atoms. The van der Waals surface area contributed by atoms with Crippen molar-refractivity contribution in [1.29, 1.82) is 0 Å². The average molecular weight is 397 g/mol. The van der Waals surface area contributed by atoms with E-state index in [0.717, 1.165) is 17.7 Å². The number of alkyl halides is 2. The summed E-state index contributed by atoms with van der Waals surface area (Å²) >= 11 is 6.25. The molecule has 1 aromatic rings. The molecule has 2 saturated carbocycles. The number of carbonyl (C=O) groups is 2. The molecule has 0 radical (unpaired) electrons. The van der Waals surface area contributed by atoms with Crippen molar-refractivity contribution in [3.63, 3.8) is 0 Å². The Morgan fingerprint density at radius 2 is 1.89 bits per heavy atom. The molecule has 0 aliphatic heterocycles. The molecule has 2 N–H and O–H groups in total. The lowest BCUT2D eigenvalue weighted by atomic mass is 9.77. The lowest BCUT2D eigenvalue weighted by Crippen LogP contribution is -2.62. The van der Waals surface area contributed by atoms with Crippen molar-refractivity contribution in [2.24, 2.45) is 5.73 Å². The van der Waals surface area contributed by atoms with Crippen LogP contribution in [0.15, 0.2) is 18.2 Å². The Hall–Kier alpha value is -2.33. The highest BCUT2D eigenvalue weighted by molar-refractivity contribution is 6.32. The number of hydrogen-bond acceptors (Lipinski definition) is 3. The lowest BCUT2D eigenvalue weighted by Gasteiger charge is -2.44. The standard InChI is InChI=1S/C19H19ClF2N2O3/c1-2-16(25)24(18(17(23)26)7-9-19(21,22)10-8-18)12-3-6-15(14(20)11-12)27-13-4-5-13/h1,3,6,11,13H,4-5,7-10H2,(H2,23,26). The maximum Gasteiger partial charge on any atom is 0.303 e. The number of rotatable bonds is 5. The van der Waals surface area contributed by atoms with Gasteiger partial charge >= 0.3 is 5.91 Å². The first-order valence-corrected chi connectivity index (χ1v) is 9.01. The van der Waals surface area contributed by atoms with Gasteiger partial charge in [0.15, 0.2) is 0 Å². The molecule has 2 aliphatic carbocycles. The third kappa shape index (κ3) is 3.86. The fraction of sp³-hybridized carbons (Fsp3) is 0.474. The number of benzene rings is 1. The molecule has 0 bridgehead atoms. The molecule has 3 rings (SSSR count). The first-order valence-electron chi connectivity index (χ1n) is 8.63. The molecule has 0 spiro atoms. The van der Waals surface area contributed by atoms with Crippen molar-refractivity contribution in [2.75, 3.05) is 4.90 Å². The monoisotopic (exact) mass is 396 g/mol. The minimum absolute atomic E-state index is 0.120. The van der Waals surface area contributed by atoms with E-state index in [1.54, 1.807) is 6.07 Å². The van der Waals surface area contributed by atoms with Crippen LogP contribution in [0.2, 0.25) is 5.02 Å². The number of ether oxygens (including phenoxy) is 1. The van der Waals surface area contributed by atoms with Gasteiger partial charge in [0.05, 0.1) is 11.1 Å². The van der Waals surface area contributed by atoms with Crippen molar-refractivity contribution >= 4 is 29.1 Å². The number of terminal acetylenes is 1. The van der Waals surface area contributed by atoms with E-state index in [9.17, 15) is 18.4 Å². The number of nitrogens with zero attached hydrogens (tertiary/aromatic N) is 1. The third-order valence-electron chi connectivity index (χ3n) is 5.01. The van der Waals surface area contributed by atoms with Crippen LogP contribution in [0, 0.1) is 12.3 Å². The van der Waals surface area contributed by atoms with Crippen LogP contribution in [0.3, 0.4) is 0 Å². The summed E-state index contributed by atoms with van der Waals surface area (Å²) in [4.78, 5) is 25.8. The lowest BCUT2D eigenvalue weighted by molar-refractivity contribution is -0.131. The van der Waals surface area contributed by atoms with Gasteiger partial charge in [0, 0.05) is 18.5 Å². The first-order chi connectivity index (χ1) is 12.7. The van der Waals surface area contributed by atoms with Gasteiger partial charge in [-0.1, -0.05) is 11.6 Å². The Morgan fingerprint density at radius 3 is 2.37 bits per heavy atom. The van der Waals surface area contributed by atoms with E-state index < -0.39 is 36.1 Å². The topological polar surface area (TPSA) is 72.6 Å². The van der Waals surface area contributed by atoms with E-state index in [2.05, 4.69) is 0 Å². The van der Waals surface area contributed by atoms with Gasteiger partial charge in [-0.05, 0) is 49.8 Å². The summed E-state index contributed by atoms with van der Waals surface area (Å²) in [5.41, 5.74) is 4.15. The minimum Gasteiger partial charge on any atom is -0.489 e. The van der Waals surface area contributed by atoms with Crippen LogP contribution in [0.4, 0.5) is 14.5 Å². The van der Waals surface area contributed by atoms with Gasteiger partial charge in [0.1, 0.15) is 11.3 Å². The van der Waals surface area contributed by atoms with E-state index in [1.807, 2.05) is 5.92 Å². The zero-order valence-electron chi connectivity index (χ0n) is 14.5. The third-order valence-corrected chi connectivity index (χ3v) is 5.31. The van der Waals surface area contributed by atoms with E-state index in [4.69, 9.17) is 28.5 Å². The van der Waals surface area contributed by atoms with Crippen molar-refractivity contribution in [1.82, 2.24) is 0 Å². The summed E-state index contributed by atoms with van der Waals surface area (Å²) in [5.74, 6) is -2.23. The zero-order valence-corrected chi connectivity index (χ0v) is 15.3. The molecule has 1 aromatic carbocycles. The largest absolute Gasteiger partial charge is 0.489 e. The highest BCUT2D eigenvalue weighted by Crippen LogP contribution is 2.44. The van der Waals surface area contributed by atoms with Crippen molar-refractivity contribution in [3.05, 3.63) is 23.2 Å². The maximum atomic E-state index is 13.7. The summed E-state index contributed by atoms with van der Waals surface area (Å²) in [6.07, 6.45) is 5.56. The van der Waals surface area contributed by atoms with Gasteiger partial charge < -0.3 is 10.5 Å². The molecule has 144 valence electrons. The van der Waals surface area contributed by atoms with Gasteiger partial charge in [0.25, 0.3) is 0 Å². The maximum absolute atomic E-state index is 13.7. The molecule has 0 heterocycles. The number of nitrogens with two attached hydrogens (primary N) is 1. The first kappa shape index (κ1) is 19.4. The van der Waals surface area contributed by atoms with E-state index in [-0.39, 0.29) is 29.7 Å². The fourth-order valence-electron chi connectivity index (χ4n) is 3.32. The summed E-state index contributed by atoms with van der Waals surface area (Å²) in [6, 6.07) is 4.53. The van der Waals surface area contributed by atoms with Gasteiger partial charge in [-0.3, -0.25) is 14.5 Å². The number of carbonyl (C=O) groups excluding carboxylic acids is 2. The summed E-state index contributed by atoms with van der Waals surface area (Å²) in [6.45, 7) is 0. The van der Waals surface area contributed by atoms with E-state index in [0.29, 0.717) is 5.75 Å². The van der Waals surface area contributed by atoms with Gasteiger partial charge in [0.2, 0.25) is 11.8 Å². The number of amides is 2. The minimum atomic E-state index is -2.91. The number of anilines is 1. The van der Waals surface area contributed by atoms with Crippen LogP contribution in [0.25, 0.3) is 0 Å². The van der Waals surface area contributed by atoms with Crippen molar-refractivity contribution in [2.45, 2.75) is 56.1 Å². The van der Waals surface area contributed by atoms with Gasteiger partial charge in [-0.15, -0.1) is 6.42 Å². The Morgan fingerprint density at radius 1 is 1.26 bits per heavy atom. The van der Waals surface area contributed by atoms with Crippen molar-refractivity contribution in [3.8, 4) is 18.1 Å². The molecule has 2 amide bonds. The molecule has 2 fully saturated rings. The molecule has 8 heteroatoms. The van der Waals surface area contributed by atoms with Crippen LogP contribution < -0.4 is 15.4 Å². The quantitative estimate of drug-likeness (QED) is 0.776. The molecule has 2 aliphatic rings. The number of halogens is 3. The summed E-state index contributed by atoms with van der Waals surface area (Å²) in [7, 11) is 0. The van der Waals surface area contributed by atoms with Crippen LogP contribution in [0.5, 0.6) is 5.75 Å². The van der Waals surface area contributed by atoms with Crippen LogP contribution in [0.1, 0.15) is 38.5 Å². The molecule has 5 nitrogen and oxygen atoms in total. The summed E-state index contributed by atoms with van der Waals surface area (Å²) < 4.78 is 33.0.